The number of fused-ring (bicyclic) bond motifs is 1. The van der Waals surface area contributed by atoms with Crippen LogP contribution in [0.1, 0.15) is 31.0 Å². The Hall–Kier alpha value is -1.89. The number of nitrogens with one attached hydrogen (secondary N) is 1. The Bertz CT molecular complexity index is 544. The Labute approximate surface area is 136 Å². The van der Waals surface area contributed by atoms with Crippen molar-refractivity contribution in [2.75, 3.05) is 32.8 Å². The van der Waals surface area contributed by atoms with E-state index < -0.39 is 0 Å². The molecule has 1 aromatic heterocycles. The van der Waals surface area contributed by atoms with Gasteiger partial charge in [-0.3, -0.25) is 0 Å². The number of likely N-dealkylation sites (tertiary alicyclic amines) is 1. The lowest BCUT2D eigenvalue weighted by molar-refractivity contribution is 0.106. The fourth-order valence-corrected chi connectivity index (χ4v) is 3.04. The van der Waals surface area contributed by atoms with Gasteiger partial charge in [0.1, 0.15) is 12.4 Å². The number of ether oxygens (including phenoxy) is 2. The van der Waals surface area contributed by atoms with E-state index in [1.54, 1.807) is 6.33 Å². The van der Waals surface area contributed by atoms with Crippen LogP contribution in [0.2, 0.25) is 0 Å². The number of carbonyl (C=O) groups is 1. The Morgan fingerprint density at radius 3 is 2.91 bits per heavy atom. The average Bonchev–Trinajstić information content (AvgIpc) is 2.82. The van der Waals surface area contributed by atoms with Crippen molar-refractivity contribution in [3.63, 3.8) is 0 Å². The minimum Gasteiger partial charge on any atom is -0.474 e. The molecule has 2 aliphatic heterocycles. The van der Waals surface area contributed by atoms with E-state index in [1.165, 1.54) is 0 Å². The fourth-order valence-electron chi connectivity index (χ4n) is 3.04. The lowest BCUT2D eigenvalue weighted by atomic mass is 10.1. The lowest BCUT2D eigenvalue weighted by Crippen LogP contribution is -2.46. The molecule has 0 atom stereocenters. The Balaban J connectivity index is 1.60. The quantitative estimate of drug-likeness (QED) is 0.904. The van der Waals surface area contributed by atoms with E-state index in [4.69, 9.17) is 9.47 Å². The number of aromatic nitrogens is 2. The van der Waals surface area contributed by atoms with Crippen LogP contribution in [0.4, 0.5) is 4.79 Å². The predicted octanol–water partition coefficient (Wildman–Crippen LogP) is 1.16. The molecule has 0 radical (unpaired) electrons. The third-order valence-electron chi connectivity index (χ3n) is 4.31. The molecule has 0 unspecified atom stereocenters. The molecule has 0 aliphatic carbocycles. The number of urea groups is 1. The van der Waals surface area contributed by atoms with Gasteiger partial charge in [0.2, 0.25) is 5.88 Å². The number of nitrogens with zero attached hydrogens (tertiary/aromatic N) is 3. The highest BCUT2D eigenvalue weighted by Crippen LogP contribution is 2.24. The van der Waals surface area contributed by atoms with Crippen LogP contribution in [-0.2, 0) is 17.6 Å². The van der Waals surface area contributed by atoms with Crippen LogP contribution in [0.5, 0.6) is 5.88 Å². The van der Waals surface area contributed by atoms with E-state index in [0.717, 1.165) is 36.9 Å². The molecular formula is C16H24N4O3. The fraction of sp³-hybridized carbons (Fsp3) is 0.688. The highest BCUT2D eigenvalue weighted by atomic mass is 16.5. The molecule has 1 fully saturated rings. The van der Waals surface area contributed by atoms with Gasteiger partial charge in [-0.2, -0.15) is 0 Å². The predicted molar refractivity (Wildman–Crippen MR) is 84.6 cm³/mol. The first kappa shape index (κ1) is 16.0. The third kappa shape index (κ3) is 3.90. The molecule has 2 amide bonds. The molecule has 1 saturated heterocycles. The molecule has 2 aliphatic rings. The maximum absolute atomic E-state index is 11.8. The second kappa shape index (κ2) is 7.59. The standard InChI is InChI=1S/C16H24N4O3/c1-2-17-16(21)20-7-3-12(4-8-20)23-15-13-5-9-22-10-6-14(13)18-11-19-15/h11-12H,2-10H2,1H3,(H,17,21). The summed E-state index contributed by atoms with van der Waals surface area (Å²) < 4.78 is 11.6. The van der Waals surface area contributed by atoms with Crippen molar-refractivity contribution in [1.82, 2.24) is 20.2 Å². The highest BCUT2D eigenvalue weighted by molar-refractivity contribution is 5.74. The van der Waals surface area contributed by atoms with E-state index in [9.17, 15) is 4.79 Å². The van der Waals surface area contributed by atoms with Gasteiger partial charge in [0.25, 0.3) is 0 Å². The van der Waals surface area contributed by atoms with Crippen LogP contribution in [0.15, 0.2) is 6.33 Å². The number of piperidine rings is 1. The Morgan fingerprint density at radius 2 is 2.13 bits per heavy atom. The molecule has 1 aromatic rings. The van der Waals surface area contributed by atoms with Crippen LogP contribution in [-0.4, -0.2) is 59.9 Å². The molecule has 3 rings (SSSR count). The van der Waals surface area contributed by atoms with Gasteiger partial charge < -0.3 is 19.7 Å². The normalized spacial score (nSPS) is 18.9. The molecule has 126 valence electrons. The summed E-state index contributed by atoms with van der Waals surface area (Å²) in [6.45, 7) is 5.41. The first-order chi connectivity index (χ1) is 11.3. The van der Waals surface area contributed by atoms with Crippen molar-refractivity contribution in [3.8, 4) is 5.88 Å². The Kier molecular flexibility index (Phi) is 5.27. The molecule has 0 bridgehead atoms. The van der Waals surface area contributed by atoms with Crippen LogP contribution in [0.3, 0.4) is 0 Å². The van der Waals surface area contributed by atoms with Crippen LogP contribution in [0.25, 0.3) is 0 Å². The zero-order valence-corrected chi connectivity index (χ0v) is 13.6. The summed E-state index contributed by atoms with van der Waals surface area (Å²) in [6.07, 6.45) is 4.93. The summed E-state index contributed by atoms with van der Waals surface area (Å²) in [5.74, 6) is 0.692. The second-order valence-corrected chi connectivity index (χ2v) is 5.86. The van der Waals surface area contributed by atoms with Crippen LogP contribution in [0, 0.1) is 0 Å². The monoisotopic (exact) mass is 320 g/mol. The molecule has 0 spiro atoms. The van der Waals surface area contributed by atoms with Crippen molar-refractivity contribution in [3.05, 3.63) is 17.6 Å². The number of carbonyl (C=O) groups excluding carboxylic acids is 1. The SMILES string of the molecule is CCNC(=O)N1CCC(Oc2ncnc3c2CCOCC3)CC1. The van der Waals surface area contributed by atoms with E-state index in [2.05, 4.69) is 15.3 Å². The van der Waals surface area contributed by atoms with Gasteiger partial charge in [-0.05, 0) is 6.92 Å². The molecule has 0 saturated carbocycles. The summed E-state index contributed by atoms with van der Waals surface area (Å²) in [5.41, 5.74) is 2.11. The van der Waals surface area contributed by atoms with E-state index in [-0.39, 0.29) is 12.1 Å². The van der Waals surface area contributed by atoms with E-state index in [0.29, 0.717) is 38.7 Å². The molecule has 0 aromatic carbocycles. The first-order valence-electron chi connectivity index (χ1n) is 8.38. The molecule has 7 heteroatoms. The van der Waals surface area contributed by atoms with E-state index >= 15 is 0 Å². The van der Waals surface area contributed by atoms with Gasteiger partial charge >= 0.3 is 6.03 Å². The number of amides is 2. The zero-order chi connectivity index (χ0) is 16.1. The molecule has 7 nitrogen and oxygen atoms in total. The Morgan fingerprint density at radius 1 is 1.35 bits per heavy atom. The van der Waals surface area contributed by atoms with Gasteiger partial charge in [0, 0.05) is 50.9 Å². The summed E-state index contributed by atoms with van der Waals surface area (Å²) in [4.78, 5) is 22.4. The average molecular weight is 320 g/mol. The molecular weight excluding hydrogens is 296 g/mol. The number of hydrogen-bond acceptors (Lipinski definition) is 5. The summed E-state index contributed by atoms with van der Waals surface area (Å²) in [7, 11) is 0. The van der Waals surface area contributed by atoms with Crippen LogP contribution >= 0.6 is 0 Å². The van der Waals surface area contributed by atoms with Crippen LogP contribution < -0.4 is 10.1 Å². The smallest absolute Gasteiger partial charge is 0.317 e. The van der Waals surface area contributed by atoms with Gasteiger partial charge in [-0.1, -0.05) is 0 Å². The summed E-state index contributed by atoms with van der Waals surface area (Å²) in [6, 6.07) is 0.0130. The van der Waals surface area contributed by atoms with E-state index in [1.807, 2.05) is 11.8 Å². The van der Waals surface area contributed by atoms with Crippen molar-refractivity contribution < 1.29 is 14.3 Å². The summed E-state index contributed by atoms with van der Waals surface area (Å²) >= 11 is 0. The highest BCUT2D eigenvalue weighted by Gasteiger charge is 2.25. The minimum atomic E-state index is 0.0130. The van der Waals surface area contributed by atoms with Crippen molar-refractivity contribution in [1.29, 1.82) is 0 Å². The zero-order valence-electron chi connectivity index (χ0n) is 13.6. The minimum absolute atomic E-state index is 0.0130. The first-order valence-corrected chi connectivity index (χ1v) is 8.38. The third-order valence-corrected chi connectivity index (χ3v) is 4.31. The van der Waals surface area contributed by atoms with Crippen molar-refractivity contribution in [2.24, 2.45) is 0 Å². The molecule has 1 N–H and O–H groups in total. The van der Waals surface area contributed by atoms with Crippen molar-refractivity contribution >= 4 is 6.03 Å². The maximum atomic E-state index is 11.8. The molecule has 3 heterocycles. The number of rotatable bonds is 3. The second-order valence-electron chi connectivity index (χ2n) is 5.86. The van der Waals surface area contributed by atoms with Gasteiger partial charge in [0.15, 0.2) is 0 Å². The van der Waals surface area contributed by atoms with Gasteiger partial charge in [-0.25, -0.2) is 14.8 Å². The lowest BCUT2D eigenvalue weighted by Gasteiger charge is -2.32. The summed E-state index contributed by atoms with van der Waals surface area (Å²) in [5, 5.41) is 2.84. The maximum Gasteiger partial charge on any atom is 0.317 e. The largest absolute Gasteiger partial charge is 0.474 e. The molecule has 23 heavy (non-hydrogen) atoms. The van der Waals surface area contributed by atoms with Gasteiger partial charge in [0.05, 0.1) is 18.9 Å². The topological polar surface area (TPSA) is 76.6 Å². The van der Waals surface area contributed by atoms with Gasteiger partial charge in [-0.15, -0.1) is 0 Å². The number of hydrogen-bond donors (Lipinski definition) is 1. The van der Waals surface area contributed by atoms with Crippen molar-refractivity contribution in [2.45, 2.75) is 38.7 Å².